The summed E-state index contributed by atoms with van der Waals surface area (Å²) >= 11 is 0. The summed E-state index contributed by atoms with van der Waals surface area (Å²) in [6, 6.07) is 5.74. The number of fused-ring (bicyclic) bond motifs is 3. The molecule has 0 spiro atoms. The third-order valence-corrected chi connectivity index (χ3v) is 6.16. The number of rotatable bonds is 3. The maximum atomic E-state index is 10.2. The van der Waals surface area contributed by atoms with Crippen LogP contribution in [0.25, 0.3) is 26.5 Å². The predicted octanol–water partition coefficient (Wildman–Crippen LogP) is -2.24. The molecule has 20 nitrogen and oxygen atoms in total. The lowest BCUT2D eigenvalue weighted by atomic mass is 10.2. The number of hydrogen-bond donors (Lipinski definition) is 0. The second-order valence-electron chi connectivity index (χ2n) is 9.01. The fourth-order valence-electron chi connectivity index (χ4n) is 4.12. The molecule has 4 aromatic rings. The first kappa shape index (κ1) is 27.5. The first-order valence-corrected chi connectivity index (χ1v) is 12.7. The molecule has 0 atom stereocenters. The van der Waals surface area contributed by atoms with Gasteiger partial charge < -0.3 is 4.85 Å². The third kappa shape index (κ3) is 4.74. The molecule has 214 valence electrons. The van der Waals surface area contributed by atoms with Crippen molar-refractivity contribution in [1.82, 2.24) is 44.9 Å². The molecule has 3 aliphatic heterocycles. The van der Waals surface area contributed by atoms with Crippen LogP contribution in [0, 0.1) is 54.1 Å². The summed E-state index contributed by atoms with van der Waals surface area (Å²) in [6.07, 6.45) is 3.99. The molecule has 0 unspecified atom stereocenters. The monoisotopic (exact) mass is 610 g/mol. The van der Waals surface area contributed by atoms with Crippen LogP contribution in [-0.2, 0) is 0 Å². The maximum Gasteiger partial charge on any atom is 0.373 e. The first-order chi connectivity index (χ1) is 22.9. The summed E-state index contributed by atoms with van der Waals surface area (Å²) in [5, 5.41) is 30.3. The highest BCUT2D eigenvalue weighted by atomic mass is 15.1. The molecule has 0 aromatic carbocycles. The van der Waals surface area contributed by atoms with Crippen LogP contribution < -0.4 is 32.5 Å². The van der Waals surface area contributed by atoms with Gasteiger partial charge >= 0.3 is 5.95 Å². The molecule has 7 heterocycles. The van der Waals surface area contributed by atoms with E-state index in [2.05, 4.69) is 84.5 Å². The van der Waals surface area contributed by atoms with Crippen LogP contribution in [0.5, 0.6) is 0 Å². The molecule has 0 saturated heterocycles. The Bertz CT molecular complexity index is 2730. The Kier molecular flexibility index (Phi) is 6.31. The molecule has 47 heavy (non-hydrogen) atoms. The normalized spacial score (nSPS) is 16.2. The van der Waals surface area contributed by atoms with Gasteiger partial charge in [-0.15, -0.1) is 11.6 Å². The van der Waals surface area contributed by atoms with Crippen molar-refractivity contribution in [2.24, 2.45) is 30.0 Å². The highest BCUT2D eigenvalue weighted by molar-refractivity contribution is 5.80. The van der Waals surface area contributed by atoms with E-state index in [1.54, 1.807) is 13.0 Å². The van der Waals surface area contributed by atoms with Crippen molar-refractivity contribution in [2.45, 2.75) is 6.92 Å². The second kappa shape index (κ2) is 10.8. The zero-order valence-electron chi connectivity index (χ0n) is 23.2. The number of nitrogens with zero attached hydrogens (tertiary/aromatic N) is 20. The van der Waals surface area contributed by atoms with E-state index in [0.29, 0.717) is 11.2 Å². The van der Waals surface area contributed by atoms with Gasteiger partial charge in [0.2, 0.25) is 11.3 Å². The number of hydrogen-bond acceptors (Lipinski definition) is 18. The van der Waals surface area contributed by atoms with Crippen LogP contribution in [-0.4, -0.2) is 44.9 Å². The van der Waals surface area contributed by atoms with Gasteiger partial charge in [-0.3, -0.25) is 0 Å². The SMILES string of the molecule is [C-]#[N+]/C(=C1\N=c2cnc(C#N)nc2=N1)c1nc(/C(C#N)=C2/N=c3cnc(C)nc3=N2)nc(/C(C#N)=C2/N=c3cnc([N+]#[C-])nc3=N2)n1. The van der Waals surface area contributed by atoms with Gasteiger partial charge in [0.1, 0.15) is 52.1 Å². The van der Waals surface area contributed by atoms with Gasteiger partial charge in [-0.25, -0.2) is 59.7 Å². The van der Waals surface area contributed by atoms with Crippen molar-refractivity contribution in [3.05, 3.63) is 121 Å². The molecule has 0 amide bonds. The van der Waals surface area contributed by atoms with Crippen molar-refractivity contribution < 1.29 is 0 Å². The molecular formula is C27H6N20. The quantitative estimate of drug-likeness (QED) is 0.176. The zero-order chi connectivity index (χ0) is 32.7. The second-order valence-corrected chi connectivity index (χ2v) is 9.01. The predicted molar refractivity (Wildman–Crippen MR) is 147 cm³/mol. The largest absolute Gasteiger partial charge is 0.394 e. The van der Waals surface area contributed by atoms with E-state index < -0.39 is 0 Å². The van der Waals surface area contributed by atoms with E-state index in [0.717, 1.165) is 0 Å². The van der Waals surface area contributed by atoms with Crippen molar-refractivity contribution in [1.29, 1.82) is 15.8 Å². The summed E-state index contributed by atoms with van der Waals surface area (Å²) in [4.78, 5) is 69.5. The lowest BCUT2D eigenvalue weighted by molar-refractivity contribution is 0.957. The van der Waals surface area contributed by atoms with Crippen molar-refractivity contribution in [3.63, 3.8) is 0 Å². The Balaban J connectivity index is 1.49. The van der Waals surface area contributed by atoms with Crippen molar-refractivity contribution in [3.8, 4) is 18.2 Å². The van der Waals surface area contributed by atoms with Gasteiger partial charge in [-0.1, -0.05) is 0 Å². The Labute approximate surface area is 259 Å². The number of allylic oxidation sites excluding steroid dienone is 2. The van der Waals surface area contributed by atoms with Crippen LogP contribution in [0.15, 0.2) is 66.0 Å². The molecule has 0 aliphatic carbocycles. The fraction of sp³-hybridized carbons (Fsp3) is 0.0370. The standard InChI is InChI=1S/C27H6N20/c1-10-33-7-13-22(36-10)42-18(37-13)11(4-28)20-41-21(12(5-29)19-38-15-9-35-27(32-3)47-24(15)43-19)45-26(44-20)17(31-2)25-39-14-8-34-16(6-30)40-23(14)46-25/h7-9H,1H3/b18-11-,19-12-,25-17+. The van der Waals surface area contributed by atoms with E-state index >= 15 is 0 Å². The third-order valence-electron chi connectivity index (χ3n) is 6.16. The molecule has 0 radical (unpaired) electrons. The van der Waals surface area contributed by atoms with Gasteiger partial charge in [0.15, 0.2) is 51.3 Å². The van der Waals surface area contributed by atoms with Gasteiger partial charge in [-0.2, -0.15) is 30.7 Å². The minimum absolute atomic E-state index is 0.0424. The van der Waals surface area contributed by atoms with E-state index in [4.69, 9.17) is 18.4 Å². The number of nitriles is 3. The van der Waals surface area contributed by atoms with Gasteiger partial charge in [0.25, 0.3) is 5.70 Å². The molecular weight excluding hydrogens is 604 g/mol. The number of aromatic nitrogens is 9. The highest BCUT2D eigenvalue weighted by Gasteiger charge is 2.25. The molecule has 3 aliphatic rings. The van der Waals surface area contributed by atoms with Crippen LogP contribution in [0.2, 0.25) is 0 Å². The van der Waals surface area contributed by atoms with Crippen LogP contribution in [0.1, 0.15) is 29.1 Å². The number of aryl methyl sites for hydroxylation is 1. The summed E-state index contributed by atoms with van der Waals surface area (Å²) in [5.41, 5.74) is -0.528. The van der Waals surface area contributed by atoms with Crippen molar-refractivity contribution >= 4 is 22.8 Å². The molecule has 0 bridgehead atoms. The van der Waals surface area contributed by atoms with Crippen molar-refractivity contribution in [2.75, 3.05) is 0 Å². The highest BCUT2D eigenvalue weighted by Crippen LogP contribution is 2.26. The summed E-state index contributed by atoms with van der Waals surface area (Å²) < 4.78 is 0. The minimum Gasteiger partial charge on any atom is -0.394 e. The van der Waals surface area contributed by atoms with Gasteiger partial charge in [-0.05, 0) is 6.92 Å². The lowest BCUT2D eigenvalue weighted by Crippen LogP contribution is -2.27. The van der Waals surface area contributed by atoms with E-state index in [-0.39, 0.29) is 90.7 Å². The van der Waals surface area contributed by atoms with Crippen LogP contribution in [0.4, 0.5) is 5.95 Å². The smallest absolute Gasteiger partial charge is 0.373 e. The van der Waals surface area contributed by atoms with Crippen LogP contribution >= 0.6 is 0 Å². The Hall–Kier alpha value is -8.28. The molecule has 20 heteroatoms. The Morgan fingerprint density at radius 1 is 0.617 bits per heavy atom. The summed E-state index contributed by atoms with van der Waals surface area (Å²) in [5.74, 6) is -1.30. The minimum atomic E-state index is -0.331. The summed E-state index contributed by atoms with van der Waals surface area (Å²) in [6.45, 7) is 16.8. The molecule has 0 N–H and O–H groups in total. The average Bonchev–Trinajstić information content (AvgIpc) is 3.81. The summed E-state index contributed by atoms with van der Waals surface area (Å²) in [7, 11) is 0. The topological polar surface area (TPSA) is 270 Å². The van der Waals surface area contributed by atoms with E-state index in [1.807, 2.05) is 12.1 Å². The van der Waals surface area contributed by atoms with Gasteiger partial charge in [0, 0.05) is 0 Å². The fourth-order valence-corrected chi connectivity index (χ4v) is 4.12. The van der Waals surface area contributed by atoms with E-state index in [1.165, 1.54) is 18.6 Å². The van der Waals surface area contributed by atoms with Gasteiger partial charge in [0.05, 0.1) is 19.0 Å². The molecule has 0 saturated carbocycles. The first-order valence-electron chi connectivity index (χ1n) is 12.7. The Morgan fingerprint density at radius 2 is 1.15 bits per heavy atom. The van der Waals surface area contributed by atoms with E-state index in [9.17, 15) is 10.5 Å². The molecule has 0 fully saturated rings. The lowest BCUT2D eigenvalue weighted by Gasteiger charge is -2.07. The molecule has 7 rings (SSSR count). The zero-order valence-corrected chi connectivity index (χ0v) is 23.2. The Morgan fingerprint density at radius 3 is 1.74 bits per heavy atom. The van der Waals surface area contributed by atoms with Crippen LogP contribution in [0.3, 0.4) is 0 Å². The maximum absolute atomic E-state index is 10.2. The average molecular weight is 610 g/mol. The molecule has 4 aromatic heterocycles.